The number of amides is 1. The molecule has 0 saturated heterocycles. The van der Waals surface area contributed by atoms with Gasteiger partial charge in [-0.05, 0) is 57.7 Å². The van der Waals surface area contributed by atoms with E-state index in [1.807, 2.05) is 18.2 Å². The van der Waals surface area contributed by atoms with Crippen molar-refractivity contribution in [3.05, 3.63) is 46.3 Å². The molecule has 1 N–H and O–H groups in total. The third kappa shape index (κ3) is 3.75. The van der Waals surface area contributed by atoms with Crippen molar-refractivity contribution in [3.63, 3.8) is 0 Å². The van der Waals surface area contributed by atoms with E-state index in [-0.39, 0.29) is 11.9 Å². The molecule has 1 aliphatic carbocycles. The van der Waals surface area contributed by atoms with Crippen LogP contribution in [0.5, 0.6) is 5.75 Å². The van der Waals surface area contributed by atoms with Crippen LogP contribution >= 0.6 is 11.3 Å². The molecule has 1 heterocycles. The van der Waals surface area contributed by atoms with Gasteiger partial charge < -0.3 is 14.8 Å². The lowest BCUT2D eigenvalue weighted by Crippen LogP contribution is -2.42. The second-order valence-electron chi connectivity index (χ2n) is 6.66. The number of nitrogens with one attached hydrogen (secondary N) is 1. The average molecular weight is 373 g/mol. The van der Waals surface area contributed by atoms with Gasteiger partial charge in [-0.3, -0.25) is 4.79 Å². The van der Waals surface area contributed by atoms with E-state index in [9.17, 15) is 9.59 Å². The lowest BCUT2D eigenvalue weighted by atomic mass is 10.1. The van der Waals surface area contributed by atoms with Crippen LogP contribution < -0.4 is 10.1 Å². The first-order chi connectivity index (χ1) is 12.4. The third-order valence-corrected chi connectivity index (χ3v) is 5.50. The molecule has 0 atom stereocenters. The summed E-state index contributed by atoms with van der Waals surface area (Å²) < 4.78 is 11.0. The number of rotatable bonds is 6. The fourth-order valence-electron chi connectivity index (χ4n) is 2.99. The van der Waals surface area contributed by atoms with Crippen molar-refractivity contribution >= 4 is 28.2 Å². The van der Waals surface area contributed by atoms with Crippen LogP contribution in [0.15, 0.2) is 30.3 Å². The van der Waals surface area contributed by atoms with Crippen molar-refractivity contribution in [1.82, 2.24) is 0 Å². The van der Waals surface area contributed by atoms with E-state index in [2.05, 4.69) is 5.32 Å². The zero-order chi connectivity index (χ0) is 18.7. The molecule has 1 aromatic heterocycles. The molecule has 1 aliphatic rings. The maximum absolute atomic E-state index is 12.8. The van der Waals surface area contributed by atoms with Crippen LogP contribution in [0, 0.1) is 0 Å². The summed E-state index contributed by atoms with van der Waals surface area (Å²) in [5.74, 6) is -0.0530. The average Bonchev–Trinajstić information content (AvgIpc) is 3.16. The number of hydrogen-bond donors (Lipinski definition) is 1. The Balaban J connectivity index is 1.82. The molecule has 1 aromatic carbocycles. The van der Waals surface area contributed by atoms with E-state index >= 15 is 0 Å². The van der Waals surface area contributed by atoms with Crippen molar-refractivity contribution < 1.29 is 19.1 Å². The van der Waals surface area contributed by atoms with Crippen molar-refractivity contribution in [3.8, 4) is 5.75 Å². The highest BCUT2D eigenvalue weighted by Crippen LogP contribution is 2.40. The number of esters is 1. The Morgan fingerprint density at radius 3 is 2.62 bits per heavy atom. The summed E-state index contributed by atoms with van der Waals surface area (Å²) in [6, 6.07) is 9.20. The first-order valence-corrected chi connectivity index (χ1v) is 9.61. The third-order valence-electron chi connectivity index (χ3n) is 4.29. The first kappa shape index (κ1) is 18.5. The summed E-state index contributed by atoms with van der Waals surface area (Å²) in [7, 11) is 0. The smallest absolute Gasteiger partial charge is 0.341 e. The number of thiophene rings is 1. The monoisotopic (exact) mass is 373 g/mol. The van der Waals surface area contributed by atoms with Crippen molar-refractivity contribution in [1.29, 1.82) is 0 Å². The summed E-state index contributed by atoms with van der Waals surface area (Å²) in [5.41, 5.74) is 0.445. The Labute approximate surface area is 157 Å². The van der Waals surface area contributed by atoms with Crippen LogP contribution in [0.3, 0.4) is 0 Å². The maximum Gasteiger partial charge on any atom is 0.341 e. The van der Waals surface area contributed by atoms with Gasteiger partial charge in [0.15, 0.2) is 5.60 Å². The Bertz CT molecular complexity index is 811. The molecule has 138 valence electrons. The summed E-state index contributed by atoms with van der Waals surface area (Å²) in [6.07, 6.45) is 2.82. The minimum Gasteiger partial charge on any atom is -0.478 e. The Kier molecular flexibility index (Phi) is 5.32. The van der Waals surface area contributed by atoms with Gasteiger partial charge in [0.1, 0.15) is 10.8 Å². The Morgan fingerprint density at radius 2 is 1.92 bits per heavy atom. The molecule has 3 rings (SSSR count). The zero-order valence-corrected chi connectivity index (χ0v) is 16.1. The summed E-state index contributed by atoms with van der Waals surface area (Å²) in [6.45, 7) is 5.50. The van der Waals surface area contributed by atoms with Gasteiger partial charge in [0.05, 0.1) is 12.2 Å². The predicted octanol–water partition coefficient (Wildman–Crippen LogP) is 4.21. The first-order valence-electron chi connectivity index (χ1n) is 8.79. The molecule has 0 bridgehead atoms. The van der Waals surface area contributed by atoms with Gasteiger partial charge >= 0.3 is 5.97 Å². The van der Waals surface area contributed by atoms with E-state index in [1.165, 1.54) is 11.3 Å². The van der Waals surface area contributed by atoms with E-state index in [0.29, 0.717) is 22.9 Å². The SMILES string of the molecule is CCOC(=O)c1c(NC(=O)C(C)(C)Oc2ccccc2)sc2c1CCC2. The lowest BCUT2D eigenvalue weighted by Gasteiger charge is -2.25. The molecule has 0 spiro atoms. The summed E-state index contributed by atoms with van der Waals surface area (Å²) >= 11 is 1.47. The van der Waals surface area contributed by atoms with E-state index in [4.69, 9.17) is 9.47 Å². The maximum atomic E-state index is 12.8. The molecule has 5 nitrogen and oxygen atoms in total. The van der Waals surface area contributed by atoms with Crippen LogP contribution in [-0.4, -0.2) is 24.1 Å². The van der Waals surface area contributed by atoms with Gasteiger partial charge in [-0.1, -0.05) is 18.2 Å². The highest BCUT2D eigenvalue weighted by atomic mass is 32.1. The molecule has 0 saturated carbocycles. The number of benzene rings is 1. The van der Waals surface area contributed by atoms with Crippen molar-refractivity contribution in [2.24, 2.45) is 0 Å². The molecule has 0 radical (unpaired) electrons. The summed E-state index contributed by atoms with van der Waals surface area (Å²) in [4.78, 5) is 26.4. The number of carbonyl (C=O) groups excluding carboxylic acids is 2. The predicted molar refractivity (Wildman–Crippen MR) is 102 cm³/mol. The van der Waals surface area contributed by atoms with Crippen LogP contribution in [0.1, 0.15) is 48.0 Å². The molecule has 0 unspecified atom stereocenters. The second-order valence-corrected chi connectivity index (χ2v) is 7.77. The van der Waals surface area contributed by atoms with Crippen LogP contribution in [0.25, 0.3) is 0 Å². The number of ether oxygens (including phenoxy) is 2. The minimum atomic E-state index is -1.08. The van der Waals surface area contributed by atoms with Crippen LogP contribution in [0.4, 0.5) is 5.00 Å². The van der Waals surface area contributed by atoms with Gasteiger partial charge in [0, 0.05) is 4.88 Å². The standard InChI is InChI=1S/C20H23NO4S/c1-4-24-18(22)16-14-11-8-12-15(14)26-17(16)21-19(23)20(2,3)25-13-9-6-5-7-10-13/h5-7,9-10H,4,8,11-12H2,1-3H3,(H,21,23). The van der Waals surface area contributed by atoms with Gasteiger partial charge in [-0.2, -0.15) is 0 Å². The second kappa shape index (κ2) is 7.50. The van der Waals surface area contributed by atoms with Crippen molar-refractivity contribution in [2.45, 2.75) is 45.6 Å². The number of para-hydroxylation sites is 1. The van der Waals surface area contributed by atoms with E-state index < -0.39 is 5.60 Å². The molecule has 6 heteroatoms. The Hall–Kier alpha value is -2.34. The highest BCUT2D eigenvalue weighted by Gasteiger charge is 2.34. The molecular weight excluding hydrogens is 350 g/mol. The normalized spacial score (nSPS) is 13.2. The number of hydrogen-bond acceptors (Lipinski definition) is 5. The van der Waals surface area contributed by atoms with Crippen LogP contribution in [0.2, 0.25) is 0 Å². The number of fused-ring (bicyclic) bond motifs is 1. The zero-order valence-electron chi connectivity index (χ0n) is 15.3. The molecule has 1 amide bonds. The topological polar surface area (TPSA) is 64.6 Å². The largest absolute Gasteiger partial charge is 0.478 e. The number of carbonyl (C=O) groups is 2. The van der Waals surface area contributed by atoms with Gasteiger partial charge in [-0.25, -0.2) is 4.79 Å². The van der Waals surface area contributed by atoms with Gasteiger partial charge in [0.2, 0.25) is 0 Å². The van der Waals surface area contributed by atoms with Gasteiger partial charge in [-0.15, -0.1) is 11.3 Å². The van der Waals surface area contributed by atoms with E-state index in [1.54, 1.807) is 32.9 Å². The van der Waals surface area contributed by atoms with Gasteiger partial charge in [0.25, 0.3) is 5.91 Å². The molecule has 26 heavy (non-hydrogen) atoms. The van der Waals surface area contributed by atoms with Crippen LogP contribution in [-0.2, 0) is 22.4 Å². The minimum absolute atomic E-state index is 0.299. The molecule has 2 aromatic rings. The van der Waals surface area contributed by atoms with Crippen molar-refractivity contribution in [2.75, 3.05) is 11.9 Å². The number of aryl methyl sites for hydroxylation is 1. The fourth-order valence-corrected chi connectivity index (χ4v) is 4.27. The fraction of sp³-hybridized carbons (Fsp3) is 0.400. The summed E-state index contributed by atoms with van der Waals surface area (Å²) in [5, 5.41) is 3.45. The Morgan fingerprint density at radius 1 is 1.19 bits per heavy atom. The molecule has 0 aliphatic heterocycles. The quantitative estimate of drug-likeness (QED) is 0.771. The number of anilines is 1. The molecule has 0 fully saturated rings. The molecular formula is C20H23NO4S. The highest BCUT2D eigenvalue weighted by molar-refractivity contribution is 7.17. The lowest BCUT2D eigenvalue weighted by molar-refractivity contribution is -0.128. The van der Waals surface area contributed by atoms with E-state index in [0.717, 1.165) is 29.7 Å².